The molecule has 0 saturated carbocycles. The van der Waals surface area contributed by atoms with E-state index < -0.39 is 0 Å². The lowest BCUT2D eigenvalue weighted by atomic mass is 9.96. The average molecular weight is 271 g/mol. The van der Waals surface area contributed by atoms with E-state index >= 15 is 0 Å². The molecule has 1 nitrogen and oxygen atoms in total. The molecule has 2 heteroatoms. The number of aryl methyl sites for hydroxylation is 2. The van der Waals surface area contributed by atoms with E-state index in [0.717, 1.165) is 18.4 Å². The van der Waals surface area contributed by atoms with Crippen molar-refractivity contribution in [1.82, 2.24) is 5.32 Å². The van der Waals surface area contributed by atoms with E-state index in [4.69, 9.17) is 0 Å². The van der Waals surface area contributed by atoms with Gasteiger partial charge in [0.2, 0.25) is 0 Å². The molecule has 0 fully saturated rings. The Labute approximate surface area is 120 Å². The van der Waals surface area contributed by atoms with Crippen molar-refractivity contribution >= 4 is 0 Å². The zero-order valence-electron chi connectivity index (χ0n) is 12.4. The summed E-state index contributed by atoms with van der Waals surface area (Å²) >= 11 is 0. The number of benzene rings is 2. The van der Waals surface area contributed by atoms with Gasteiger partial charge >= 0.3 is 0 Å². The fraction of sp³-hybridized carbons (Fsp3) is 0.333. The van der Waals surface area contributed by atoms with Crippen LogP contribution in [0.5, 0.6) is 0 Å². The first-order valence-corrected chi connectivity index (χ1v) is 7.06. The van der Waals surface area contributed by atoms with Gasteiger partial charge in [0.1, 0.15) is 5.82 Å². The molecule has 0 radical (unpaired) electrons. The molecule has 106 valence electrons. The Balaban J connectivity index is 2.07. The van der Waals surface area contributed by atoms with E-state index in [1.54, 1.807) is 12.1 Å². The van der Waals surface area contributed by atoms with E-state index in [2.05, 4.69) is 36.5 Å². The number of hydrogen-bond donors (Lipinski definition) is 1. The first-order valence-electron chi connectivity index (χ1n) is 7.06. The summed E-state index contributed by atoms with van der Waals surface area (Å²) in [5.74, 6) is -0.161. The summed E-state index contributed by atoms with van der Waals surface area (Å²) in [6, 6.07) is 14.0. The molecule has 0 heterocycles. The average Bonchev–Trinajstić information content (AvgIpc) is 2.43. The van der Waals surface area contributed by atoms with Gasteiger partial charge in [-0.25, -0.2) is 4.39 Å². The molecule has 2 aromatic rings. The highest BCUT2D eigenvalue weighted by molar-refractivity contribution is 5.28. The maximum absolute atomic E-state index is 13.1. The summed E-state index contributed by atoms with van der Waals surface area (Å²) in [6.45, 7) is 4.07. The number of nitrogens with one attached hydrogen (secondary N) is 1. The second-order valence-corrected chi connectivity index (χ2v) is 5.45. The Hall–Kier alpha value is -1.67. The van der Waals surface area contributed by atoms with Gasteiger partial charge in [-0.2, -0.15) is 0 Å². The largest absolute Gasteiger partial charge is 0.316 e. The summed E-state index contributed by atoms with van der Waals surface area (Å²) in [5, 5.41) is 3.36. The van der Waals surface area contributed by atoms with Gasteiger partial charge in [0.15, 0.2) is 0 Å². The van der Waals surface area contributed by atoms with Crippen molar-refractivity contribution < 1.29 is 4.39 Å². The van der Waals surface area contributed by atoms with Crippen LogP contribution in [0.25, 0.3) is 0 Å². The molecule has 0 bridgehead atoms. The molecule has 0 amide bonds. The topological polar surface area (TPSA) is 12.0 Å². The van der Waals surface area contributed by atoms with Gasteiger partial charge in [-0.15, -0.1) is 0 Å². The van der Waals surface area contributed by atoms with Gasteiger partial charge in [-0.3, -0.25) is 0 Å². The zero-order valence-corrected chi connectivity index (χ0v) is 12.4. The van der Waals surface area contributed by atoms with E-state index in [1.807, 2.05) is 20.0 Å². The molecule has 20 heavy (non-hydrogen) atoms. The Morgan fingerprint density at radius 1 is 1.00 bits per heavy atom. The van der Waals surface area contributed by atoms with Gasteiger partial charge < -0.3 is 5.32 Å². The minimum atomic E-state index is -0.161. The van der Waals surface area contributed by atoms with E-state index in [1.165, 1.54) is 16.7 Å². The summed E-state index contributed by atoms with van der Waals surface area (Å²) in [6.07, 6.45) is 1.89. The second-order valence-electron chi connectivity index (χ2n) is 5.45. The lowest BCUT2D eigenvalue weighted by molar-refractivity contribution is 0.553. The van der Waals surface area contributed by atoms with Crippen molar-refractivity contribution in [2.24, 2.45) is 0 Å². The van der Waals surface area contributed by atoms with Crippen LogP contribution in [-0.4, -0.2) is 13.1 Å². The van der Waals surface area contributed by atoms with Crippen molar-refractivity contribution in [1.29, 1.82) is 0 Å². The minimum absolute atomic E-state index is 0.161. The van der Waals surface area contributed by atoms with Gasteiger partial charge in [0, 0.05) is 6.04 Å². The molecular formula is C18H22FN. The quantitative estimate of drug-likeness (QED) is 0.872. The third kappa shape index (κ3) is 3.91. The smallest absolute Gasteiger partial charge is 0.123 e. The first-order chi connectivity index (χ1) is 9.58. The molecule has 0 aliphatic carbocycles. The van der Waals surface area contributed by atoms with Crippen molar-refractivity contribution in [3.63, 3.8) is 0 Å². The van der Waals surface area contributed by atoms with Crippen LogP contribution < -0.4 is 5.32 Å². The van der Waals surface area contributed by atoms with Crippen LogP contribution in [0.3, 0.4) is 0 Å². The molecule has 2 rings (SSSR count). The number of likely N-dealkylation sites (N-methyl/N-ethyl adjacent to an activating group) is 1. The number of halogens is 1. The predicted octanol–water partition coefficient (Wildman–Crippen LogP) is 3.82. The first kappa shape index (κ1) is 14.7. The SMILES string of the molecule is CNC(Cc1ccc(C)cc1)Cc1ccc(F)cc1C. The molecule has 0 aromatic heterocycles. The van der Waals surface area contributed by atoms with Gasteiger partial charge in [0.25, 0.3) is 0 Å². The van der Waals surface area contributed by atoms with E-state index in [9.17, 15) is 4.39 Å². The van der Waals surface area contributed by atoms with Crippen LogP contribution in [0, 0.1) is 19.7 Å². The monoisotopic (exact) mass is 271 g/mol. The Morgan fingerprint density at radius 3 is 2.30 bits per heavy atom. The lowest BCUT2D eigenvalue weighted by Crippen LogP contribution is -2.30. The number of hydrogen-bond acceptors (Lipinski definition) is 1. The molecule has 2 aromatic carbocycles. The van der Waals surface area contributed by atoms with E-state index in [0.29, 0.717) is 6.04 Å². The molecule has 0 spiro atoms. The summed E-state index contributed by atoms with van der Waals surface area (Å²) in [4.78, 5) is 0. The molecular weight excluding hydrogens is 249 g/mol. The Kier molecular flexibility index (Phi) is 4.91. The second kappa shape index (κ2) is 6.67. The molecule has 0 aliphatic rings. The Morgan fingerprint density at radius 2 is 1.70 bits per heavy atom. The van der Waals surface area contributed by atoms with Crippen molar-refractivity contribution in [3.8, 4) is 0 Å². The molecule has 0 saturated heterocycles. The minimum Gasteiger partial charge on any atom is -0.316 e. The Bertz CT molecular complexity index is 560. The molecule has 1 atom stereocenters. The van der Waals surface area contributed by atoms with Crippen LogP contribution in [0.2, 0.25) is 0 Å². The van der Waals surface area contributed by atoms with Gasteiger partial charge in [0.05, 0.1) is 0 Å². The summed E-state index contributed by atoms with van der Waals surface area (Å²) in [5.41, 5.74) is 4.84. The zero-order chi connectivity index (χ0) is 14.5. The molecule has 1 N–H and O–H groups in total. The van der Waals surface area contributed by atoms with Crippen LogP contribution in [-0.2, 0) is 12.8 Å². The highest BCUT2D eigenvalue weighted by Crippen LogP contribution is 2.15. The highest BCUT2D eigenvalue weighted by atomic mass is 19.1. The maximum atomic E-state index is 13.1. The predicted molar refractivity (Wildman–Crippen MR) is 82.6 cm³/mol. The molecule has 1 unspecified atom stereocenters. The van der Waals surface area contributed by atoms with Crippen molar-refractivity contribution in [3.05, 3.63) is 70.5 Å². The van der Waals surface area contributed by atoms with E-state index in [-0.39, 0.29) is 5.82 Å². The van der Waals surface area contributed by atoms with Gasteiger partial charge in [-0.1, -0.05) is 35.9 Å². The van der Waals surface area contributed by atoms with Crippen LogP contribution >= 0.6 is 0 Å². The fourth-order valence-electron chi connectivity index (χ4n) is 2.44. The normalized spacial score (nSPS) is 12.4. The van der Waals surface area contributed by atoms with Crippen molar-refractivity contribution in [2.45, 2.75) is 32.7 Å². The van der Waals surface area contributed by atoms with Crippen LogP contribution in [0.15, 0.2) is 42.5 Å². The summed E-state index contributed by atoms with van der Waals surface area (Å²) in [7, 11) is 1.98. The van der Waals surface area contributed by atoms with Crippen LogP contribution in [0.1, 0.15) is 22.3 Å². The number of rotatable bonds is 5. The highest BCUT2D eigenvalue weighted by Gasteiger charge is 2.10. The van der Waals surface area contributed by atoms with Crippen LogP contribution in [0.4, 0.5) is 4.39 Å². The molecule has 0 aliphatic heterocycles. The third-order valence-corrected chi connectivity index (χ3v) is 3.78. The lowest BCUT2D eigenvalue weighted by Gasteiger charge is -2.18. The summed E-state index contributed by atoms with van der Waals surface area (Å²) < 4.78 is 13.1. The maximum Gasteiger partial charge on any atom is 0.123 e. The third-order valence-electron chi connectivity index (χ3n) is 3.78. The van der Waals surface area contributed by atoms with Crippen molar-refractivity contribution in [2.75, 3.05) is 7.05 Å². The fourth-order valence-corrected chi connectivity index (χ4v) is 2.44. The standard InChI is InChI=1S/C18H22FN/c1-13-4-6-15(7-5-13)11-18(20-3)12-16-8-9-17(19)10-14(16)2/h4-10,18,20H,11-12H2,1-3H3. The van der Waals surface area contributed by atoms with Gasteiger partial charge in [-0.05, 0) is 62.6 Å².